The van der Waals surface area contributed by atoms with Gasteiger partial charge in [0, 0.05) is 27.3 Å². The number of aromatic nitrogens is 1. The monoisotopic (exact) mass is 655 g/mol. The third-order valence-electron chi connectivity index (χ3n) is 12.8. The van der Waals surface area contributed by atoms with Crippen LogP contribution in [0.4, 0.5) is 0 Å². The molecule has 9 aromatic rings. The Bertz CT molecular complexity index is 2800. The van der Waals surface area contributed by atoms with Gasteiger partial charge in [-0.15, -0.1) is 0 Å². The zero-order valence-corrected chi connectivity index (χ0v) is 30.5. The standard InChI is InChI=1S/C50H41N/c1-48(2,3)32-20-28-16-18-30-22-33(23-31-19-17-29(21-32)46(28)47(30)31)51-44-26-42-36(34-12-8-10-14-40(34)49(42,4)5)24-38(44)39-25-37-35-13-9-11-15-41(35)50(6,7)43(37)27-45(39)51/h8-27H,1-7H3. The maximum atomic E-state index is 2.58. The molecular formula is C50H41N. The molecular weight excluding hydrogens is 615 g/mol. The van der Waals surface area contributed by atoms with Crippen molar-refractivity contribution in [3.63, 3.8) is 0 Å². The Labute approximate surface area is 299 Å². The molecule has 0 N–H and O–H groups in total. The predicted octanol–water partition coefficient (Wildman–Crippen LogP) is 13.6. The third-order valence-corrected chi connectivity index (χ3v) is 12.8. The van der Waals surface area contributed by atoms with Crippen LogP contribution in [-0.4, -0.2) is 4.57 Å². The van der Waals surface area contributed by atoms with Gasteiger partial charge in [0.05, 0.1) is 11.0 Å². The first kappa shape index (κ1) is 29.3. The average Bonchev–Trinajstić information content (AvgIpc) is 3.64. The molecule has 1 heteroatoms. The van der Waals surface area contributed by atoms with Crippen molar-refractivity contribution in [2.24, 2.45) is 0 Å². The summed E-state index contributed by atoms with van der Waals surface area (Å²) in [5.74, 6) is 0. The van der Waals surface area contributed by atoms with Crippen molar-refractivity contribution in [1.82, 2.24) is 4.57 Å². The van der Waals surface area contributed by atoms with E-state index in [1.165, 1.54) is 110 Å². The maximum Gasteiger partial charge on any atom is 0.0544 e. The van der Waals surface area contributed by atoms with Crippen LogP contribution in [-0.2, 0) is 16.2 Å². The Morgan fingerprint density at radius 1 is 0.431 bits per heavy atom. The Kier molecular flexibility index (Phi) is 5.34. The van der Waals surface area contributed by atoms with Gasteiger partial charge in [-0.3, -0.25) is 0 Å². The normalized spacial score (nSPS) is 15.7. The van der Waals surface area contributed by atoms with Crippen molar-refractivity contribution in [1.29, 1.82) is 0 Å². The average molecular weight is 656 g/mol. The molecule has 0 saturated heterocycles. The van der Waals surface area contributed by atoms with Gasteiger partial charge in [0.15, 0.2) is 0 Å². The summed E-state index contributed by atoms with van der Waals surface area (Å²) in [6, 6.07) is 47.2. The summed E-state index contributed by atoms with van der Waals surface area (Å²) in [5.41, 5.74) is 16.2. The molecule has 0 aliphatic heterocycles. The van der Waals surface area contributed by atoms with Gasteiger partial charge in [0.2, 0.25) is 0 Å². The summed E-state index contributed by atoms with van der Waals surface area (Å²) in [7, 11) is 0. The number of rotatable bonds is 1. The molecule has 0 fully saturated rings. The lowest BCUT2D eigenvalue weighted by Crippen LogP contribution is -2.15. The number of nitrogens with zero attached hydrogens (tertiary/aromatic N) is 1. The molecule has 0 saturated carbocycles. The SMILES string of the molecule is CC(C)(C)c1cc2ccc3cc(-n4c5cc6c(cc5c5cc7c(cc54)C(C)(C)c4ccccc4-7)-c4ccccc4C6(C)C)cc4ccc(c1)c2c34. The highest BCUT2D eigenvalue weighted by molar-refractivity contribution is 6.24. The van der Waals surface area contributed by atoms with Crippen molar-refractivity contribution < 1.29 is 0 Å². The zero-order chi connectivity index (χ0) is 34.8. The van der Waals surface area contributed by atoms with Gasteiger partial charge in [-0.25, -0.2) is 0 Å². The minimum atomic E-state index is -0.0799. The van der Waals surface area contributed by atoms with Crippen LogP contribution in [0.1, 0.15) is 76.3 Å². The summed E-state index contributed by atoms with van der Waals surface area (Å²) >= 11 is 0. The smallest absolute Gasteiger partial charge is 0.0544 e. The summed E-state index contributed by atoms with van der Waals surface area (Å²) in [5, 5.41) is 10.6. The number of fused-ring (bicyclic) bond motifs is 9. The number of hydrogen-bond donors (Lipinski definition) is 0. The van der Waals surface area contributed by atoms with Gasteiger partial charge in [-0.2, -0.15) is 0 Å². The molecule has 0 atom stereocenters. The number of benzene rings is 8. The fraction of sp³-hybridized carbons (Fsp3) is 0.200. The van der Waals surface area contributed by atoms with E-state index in [0.29, 0.717) is 0 Å². The molecule has 246 valence electrons. The first-order chi connectivity index (χ1) is 24.4. The molecule has 11 rings (SSSR count). The van der Waals surface area contributed by atoms with E-state index in [9.17, 15) is 0 Å². The quantitative estimate of drug-likeness (QED) is 0.155. The molecule has 0 unspecified atom stereocenters. The van der Waals surface area contributed by atoms with E-state index < -0.39 is 0 Å². The second-order valence-corrected chi connectivity index (χ2v) is 17.5. The van der Waals surface area contributed by atoms with Crippen LogP contribution in [0.2, 0.25) is 0 Å². The summed E-state index contributed by atoms with van der Waals surface area (Å²) in [6.45, 7) is 16.5. The van der Waals surface area contributed by atoms with Crippen LogP contribution < -0.4 is 0 Å². The minimum Gasteiger partial charge on any atom is -0.309 e. The van der Waals surface area contributed by atoms with E-state index in [1.54, 1.807) is 0 Å². The highest BCUT2D eigenvalue weighted by atomic mass is 15.0. The maximum absolute atomic E-state index is 2.58. The van der Waals surface area contributed by atoms with Crippen LogP contribution in [0.3, 0.4) is 0 Å². The molecule has 8 aromatic carbocycles. The van der Waals surface area contributed by atoms with E-state index in [4.69, 9.17) is 0 Å². The fourth-order valence-corrected chi connectivity index (χ4v) is 10.1. The summed E-state index contributed by atoms with van der Waals surface area (Å²) < 4.78 is 2.58. The molecule has 1 heterocycles. The van der Waals surface area contributed by atoms with Gasteiger partial charge in [0.25, 0.3) is 0 Å². The summed E-state index contributed by atoms with van der Waals surface area (Å²) in [4.78, 5) is 0. The molecule has 2 aliphatic carbocycles. The Morgan fingerprint density at radius 3 is 1.27 bits per heavy atom. The Hall–Kier alpha value is -5.40. The molecule has 1 aromatic heterocycles. The highest BCUT2D eigenvalue weighted by Gasteiger charge is 2.38. The molecule has 0 amide bonds. The minimum absolute atomic E-state index is 0.0799. The topological polar surface area (TPSA) is 4.93 Å². The van der Waals surface area contributed by atoms with Gasteiger partial charge < -0.3 is 4.57 Å². The van der Waals surface area contributed by atoms with Crippen LogP contribution in [0.15, 0.2) is 121 Å². The van der Waals surface area contributed by atoms with Crippen molar-refractivity contribution in [2.45, 2.75) is 64.7 Å². The van der Waals surface area contributed by atoms with E-state index >= 15 is 0 Å². The lowest BCUT2D eigenvalue weighted by Gasteiger charge is -2.23. The van der Waals surface area contributed by atoms with Crippen LogP contribution >= 0.6 is 0 Å². The molecule has 51 heavy (non-hydrogen) atoms. The van der Waals surface area contributed by atoms with Crippen molar-refractivity contribution >= 4 is 54.1 Å². The first-order valence-corrected chi connectivity index (χ1v) is 18.5. The largest absolute Gasteiger partial charge is 0.309 e. The van der Waals surface area contributed by atoms with Gasteiger partial charge in [0.1, 0.15) is 0 Å². The molecule has 1 nitrogen and oxygen atoms in total. The lowest BCUT2D eigenvalue weighted by molar-refractivity contribution is 0.591. The van der Waals surface area contributed by atoms with Crippen LogP contribution in [0, 0.1) is 0 Å². The Morgan fingerprint density at radius 2 is 0.843 bits per heavy atom. The summed E-state index contributed by atoms with van der Waals surface area (Å²) in [6.07, 6.45) is 0. The van der Waals surface area contributed by atoms with Gasteiger partial charge >= 0.3 is 0 Å². The van der Waals surface area contributed by atoms with Gasteiger partial charge in [-0.1, -0.05) is 133 Å². The zero-order valence-electron chi connectivity index (χ0n) is 30.5. The second kappa shape index (κ2) is 9.28. The van der Waals surface area contributed by atoms with Crippen molar-refractivity contribution in [2.75, 3.05) is 0 Å². The lowest BCUT2D eigenvalue weighted by atomic mass is 9.82. The second-order valence-electron chi connectivity index (χ2n) is 17.5. The number of hydrogen-bond acceptors (Lipinski definition) is 0. The van der Waals surface area contributed by atoms with E-state index in [2.05, 4.69) is 174 Å². The van der Waals surface area contributed by atoms with E-state index in [1.807, 2.05) is 0 Å². The molecule has 0 radical (unpaired) electrons. The van der Waals surface area contributed by atoms with E-state index in [0.717, 1.165) is 0 Å². The predicted molar refractivity (Wildman–Crippen MR) is 218 cm³/mol. The molecule has 0 spiro atoms. The van der Waals surface area contributed by atoms with Gasteiger partial charge in [-0.05, 0) is 124 Å². The van der Waals surface area contributed by atoms with Crippen LogP contribution in [0.25, 0.3) is 82.1 Å². The van der Waals surface area contributed by atoms with E-state index in [-0.39, 0.29) is 16.2 Å². The molecule has 0 bridgehead atoms. The van der Waals surface area contributed by atoms with Crippen LogP contribution in [0.5, 0.6) is 0 Å². The third kappa shape index (κ3) is 3.67. The molecule has 2 aliphatic rings. The highest BCUT2D eigenvalue weighted by Crippen LogP contribution is 2.54. The Balaban J connectivity index is 1.25. The fourth-order valence-electron chi connectivity index (χ4n) is 10.1. The van der Waals surface area contributed by atoms with Crippen molar-refractivity contribution in [3.8, 4) is 27.9 Å². The van der Waals surface area contributed by atoms with Crippen molar-refractivity contribution in [3.05, 3.63) is 149 Å². The first-order valence-electron chi connectivity index (χ1n) is 18.5.